The first-order valence-corrected chi connectivity index (χ1v) is 6.50. The van der Waals surface area contributed by atoms with E-state index in [9.17, 15) is 0 Å². The van der Waals surface area contributed by atoms with Gasteiger partial charge >= 0.3 is 0 Å². The highest BCUT2D eigenvalue weighted by atomic mass is 79.9. The maximum atomic E-state index is 5.73. The van der Waals surface area contributed by atoms with E-state index >= 15 is 0 Å². The molecule has 90 valence electrons. The summed E-state index contributed by atoms with van der Waals surface area (Å²) in [6, 6.07) is 8.38. The number of hydrogen-bond acceptors (Lipinski definition) is 2. The van der Waals surface area contributed by atoms with Crippen molar-refractivity contribution in [2.45, 2.75) is 25.8 Å². The average Bonchev–Trinajstić information content (AvgIpc) is 2.75. The fraction of sp³-hybridized carbons (Fsp3) is 0.308. The molecular formula is C13H16BrN3. The van der Waals surface area contributed by atoms with E-state index in [2.05, 4.69) is 38.0 Å². The van der Waals surface area contributed by atoms with Crippen LogP contribution in [0, 0.1) is 0 Å². The smallest absolute Gasteiger partial charge is 0.106 e. The first-order chi connectivity index (χ1) is 8.15. The van der Waals surface area contributed by atoms with Crippen LogP contribution in [0.25, 0.3) is 11.3 Å². The van der Waals surface area contributed by atoms with Gasteiger partial charge in [-0.3, -0.25) is 0 Å². The monoisotopic (exact) mass is 293 g/mol. The number of rotatable bonds is 4. The van der Waals surface area contributed by atoms with Crippen LogP contribution >= 0.6 is 15.9 Å². The number of nitrogens with one attached hydrogen (secondary N) is 1. The molecule has 0 amide bonds. The Bertz CT molecular complexity index is 491. The Balaban J connectivity index is 2.12. The van der Waals surface area contributed by atoms with Crippen molar-refractivity contribution in [3.63, 3.8) is 0 Å². The topological polar surface area (TPSA) is 54.7 Å². The Morgan fingerprint density at radius 2 is 2.29 bits per heavy atom. The van der Waals surface area contributed by atoms with Crippen LogP contribution in [0.4, 0.5) is 0 Å². The highest BCUT2D eigenvalue weighted by molar-refractivity contribution is 9.10. The summed E-state index contributed by atoms with van der Waals surface area (Å²) in [4.78, 5) is 7.69. The van der Waals surface area contributed by atoms with Crippen LogP contribution in [0.15, 0.2) is 34.9 Å². The molecule has 0 aliphatic heterocycles. The number of aromatic amines is 1. The number of aromatic nitrogens is 2. The standard InChI is InChI=1S/C13H16BrN3/c1-9(15)5-6-13-16-8-12(17-13)10-3-2-4-11(14)7-10/h2-4,7-9H,5-6,15H2,1H3,(H,16,17). The fourth-order valence-corrected chi connectivity index (χ4v) is 2.06. The Kier molecular flexibility index (Phi) is 3.97. The van der Waals surface area contributed by atoms with E-state index in [-0.39, 0.29) is 6.04 Å². The first kappa shape index (κ1) is 12.3. The lowest BCUT2D eigenvalue weighted by Crippen LogP contribution is -2.15. The van der Waals surface area contributed by atoms with Gasteiger partial charge in [0.15, 0.2) is 0 Å². The van der Waals surface area contributed by atoms with Gasteiger partial charge in [-0.1, -0.05) is 28.1 Å². The average molecular weight is 294 g/mol. The van der Waals surface area contributed by atoms with Crippen molar-refractivity contribution in [2.75, 3.05) is 0 Å². The molecule has 4 heteroatoms. The first-order valence-electron chi connectivity index (χ1n) is 5.70. The lowest BCUT2D eigenvalue weighted by Gasteiger charge is -2.01. The third kappa shape index (κ3) is 3.41. The molecule has 0 fully saturated rings. The lowest BCUT2D eigenvalue weighted by atomic mass is 10.2. The molecule has 2 aromatic rings. The zero-order valence-corrected chi connectivity index (χ0v) is 11.4. The van der Waals surface area contributed by atoms with Crippen molar-refractivity contribution in [3.8, 4) is 11.3 Å². The van der Waals surface area contributed by atoms with Crippen LogP contribution in [0.5, 0.6) is 0 Å². The van der Waals surface area contributed by atoms with Gasteiger partial charge in [0.05, 0.1) is 11.9 Å². The molecule has 3 nitrogen and oxygen atoms in total. The molecule has 0 radical (unpaired) electrons. The Morgan fingerprint density at radius 1 is 1.47 bits per heavy atom. The summed E-state index contributed by atoms with van der Waals surface area (Å²) in [5.41, 5.74) is 7.92. The third-order valence-corrected chi connectivity index (χ3v) is 3.09. The van der Waals surface area contributed by atoms with Crippen molar-refractivity contribution in [2.24, 2.45) is 5.73 Å². The van der Waals surface area contributed by atoms with Gasteiger partial charge in [-0.05, 0) is 25.5 Å². The summed E-state index contributed by atoms with van der Waals surface area (Å²) >= 11 is 3.47. The number of benzene rings is 1. The maximum absolute atomic E-state index is 5.73. The van der Waals surface area contributed by atoms with Crippen LogP contribution in [0.2, 0.25) is 0 Å². The zero-order chi connectivity index (χ0) is 12.3. The van der Waals surface area contributed by atoms with Crippen molar-refractivity contribution < 1.29 is 0 Å². The summed E-state index contributed by atoms with van der Waals surface area (Å²) < 4.78 is 1.07. The zero-order valence-electron chi connectivity index (χ0n) is 9.78. The van der Waals surface area contributed by atoms with Crippen LogP contribution in [0.1, 0.15) is 19.2 Å². The minimum Gasteiger partial charge on any atom is -0.342 e. The molecule has 0 aliphatic rings. The largest absolute Gasteiger partial charge is 0.342 e. The summed E-state index contributed by atoms with van der Waals surface area (Å²) in [5.74, 6) is 0.997. The predicted molar refractivity (Wildman–Crippen MR) is 73.7 cm³/mol. The molecule has 1 atom stereocenters. The van der Waals surface area contributed by atoms with E-state index in [0.29, 0.717) is 0 Å². The second kappa shape index (κ2) is 5.47. The van der Waals surface area contributed by atoms with E-state index in [1.54, 1.807) is 0 Å². The van der Waals surface area contributed by atoms with Crippen molar-refractivity contribution >= 4 is 15.9 Å². The number of hydrogen-bond donors (Lipinski definition) is 2. The normalized spacial score (nSPS) is 12.6. The summed E-state index contributed by atoms with van der Waals surface area (Å²) in [7, 11) is 0. The van der Waals surface area contributed by atoms with Gasteiger partial charge in [0.1, 0.15) is 5.82 Å². The van der Waals surface area contributed by atoms with E-state index in [4.69, 9.17) is 5.73 Å². The number of halogens is 1. The summed E-state index contributed by atoms with van der Waals surface area (Å²) in [6.07, 6.45) is 3.72. The molecule has 0 saturated carbocycles. The number of nitrogens with zero attached hydrogens (tertiary/aromatic N) is 1. The third-order valence-electron chi connectivity index (χ3n) is 2.60. The Labute approximate surface area is 110 Å². The maximum Gasteiger partial charge on any atom is 0.106 e. The molecule has 1 unspecified atom stereocenters. The van der Waals surface area contributed by atoms with E-state index < -0.39 is 0 Å². The van der Waals surface area contributed by atoms with E-state index in [0.717, 1.165) is 34.4 Å². The van der Waals surface area contributed by atoms with Crippen molar-refractivity contribution in [3.05, 3.63) is 40.8 Å². The quantitative estimate of drug-likeness (QED) is 0.910. The summed E-state index contributed by atoms with van der Waals surface area (Å²) in [6.45, 7) is 2.01. The molecule has 1 heterocycles. The second-order valence-corrected chi connectivity index (χ2v) is 5.19. The number of imidazole rings is 1. The Morgan fingerprint density at radius 3 is 3.00 bits per heavy atom. The molecule has 0 spiro atoms. The van der Waals surface area contributed by atoms with Gasteiger partial charge in [-0.2, -0.15) is 0 Å². The molecule has 0 saturated heterocycles. The van der Waals surface area contributed by atoms with Gasteiger partial charge in [0.2, 0.25) is 0 Å². The molecule has 1 aromatic heterocycles. The molecule has 17 heavy (non-hydrogen) atoms. The molecule has 0 bridgehead atoms. The van der Waals surface area contributed by atoms with E-state index in [1.165, 1.54) is 0 Å². The van der Waals surface area contributed by atoms with Gasteiger partial charge in [0, 0.05) is 22.5 Å². The highest BCUT2D eigenvalue weighted by Gasteiger charge is 2.04. The number of aryl methyl sites for hydroxylation is 1. The van der Waals surface area contributed by atoms with Crippen molar-refractivity contribution in [1.82, 2.24) is 9.97 Å². The molecular weight excluding hydrogens is 278 g/mol. The van der Waals surface area contributed by atoms with Crippen LogP contribution < -0.4 is 5.73 Å². The van der Waals surface area contributed by atoms with Crippen LogP contribution in [-0.4, -0.2) is 16.0 Å². The number of H-pyrrole nitrogens is 1. The SMILES string of the molecule is CC(N)CCc1ncc(-c2cccc(Br)c2)[nH]1. The highest BCUT2D eigenvalue weighted by Crippen LogP contribution is 2.21. The van der Waals surface area contributed by atoms with E-state index in [1.807, 2.05) is 25.3 Å². The van der Waals surface area contributed by atoms with Gasteiger partial charge < -0.3 is 10.7 Å². The van der Waals surface area contributed by atoms with Gasteiger partial charge in [0.25, 0.3) is 0 Å². The van der Waals surface area contributed by atoms with Gasteiger partial charge in [-0.25, -0.2) is 4.98 Å². The van der Waals surface area contributed by atoms with Crippen LogP contribution in [-0.2, 0) is 6.42 Å². The molecule has 1 aromatic carbocycles. The Hall–Kier alpha value is -1.13. The fourth-order valence-electron chi connectivity index (χ4n) is 1.66. The van der Waals surface area contributed by atoms with Crippen LogP contribution in [0.3, 0.4) is 0 Å². The molecule has 2 rings (SSSR count). The predicted octanol–water partition coefficient (Wildman–Crippen LogP) is 3.12. The molecule has 3 N–H and O–H groups in total. The second-order valence-electron chi connectivity index (χ2n) is 4.27. The van der Waals surface area contributed by atoms with Crippen molar-refractivity contribution in [1.29, 1.82) is 0 Å². The van der Waals surface area contributed by atoms with Gasteiger partial charge in [-0.15, -0.1) is 0 Å². The minimum absolute atomic E-state index is 0.217. The molecule has 0 aliphatic carbocycles. The summed E-state index contributed by atoms with van der Waals surface area (Å²) in [5, 5.41) is 0. The lowest BCUT2D eigenvalue weighted by molar-refractivity contribution is 0.652. The number of nitrogens with two attached hydrogens (primary N) is 1. The minimum atomic E-state index is 0.217.